The van der Waals surface area contributed by atoms with Crippen LogP contribution in [0.4, 0.5) is 13.2 Å². The maximum Gasteiger partial charge on any atom is 0.417 e. The highest BCUT2D eigenvalue weighted by Crippen LogP contribution is 2.72. The van der Waals surface area contributed by atoms with Crippen molar-refractivity contribution in [3.63, 3.8) is 0 Å². The van der Waals surface area contributed by atoms with Crippen molar-refractivity contribution in [1.29, 1.82) is 0 Å². The van der Waals surface area contributed by atoms with Crippen LogP contribution in [0.3, 0.4) is 0 Å². The third-order valence-electron chi connectivity index (χ3n) is 6.62. The van der Waals surface area contributed by atoms with Crippen LogP contribution in [0.1, 0.15) is 21.5 Å². The maximum atomic E-state index is 14.4. The molecule has 0 heterocycles. The van der Waals surface area contributed by atoms with E-state index in [9.17, 15) is 31.9 Å². The highest BCUT2D eigenvalue weighted by molar-refractivity contribution is 8.30. The fourth-order valence-corrected chi connectivity index (χ4v) is 9.95. The number of hydrogen-bond acceptors (Lipinski definition) is 7. The first-order valence-electron chi connectivity index (χ1n) is 13.1. The van der Waals surface area contributed by atoms with E-state index in [4.69, 9.17) is 8.47 Å². The molecule has 1 atom stereocenters. The minimum absolute atomic E-state index is 0.0196. The standard InChI is InChI=1S/C33H24ClF3O6S2/c1-42-24-15-19-26(20-16-24)45(43-34(39,40)41,31-14-8-6-12-29(31)33(35,36)37)27-21-17-25(18-22-27)44-30-13-7-5-11-28(30)32(38)23-9-3-2-4-10-23/h2-22H,1H3. The number of alkyl halides is 3. The predicted molar refractivity (Wildman–Crippen MR) is 155 cm³/mol. The Morgan fingerprint density at radius 1 is 0.733 bits per heavy atom. The Bertz CT molecular complexity index is 1780. The van der Waals surface area contributed by atoms with Gasteiger partial charge >= 0.3 is 6.18 Å². The van der Waals surface area contributed by atoms with E-state index in [-0.39, 0.29) is 15.6 Å². The second-order valence-corrected chi connectivity index (χ2v) is 14.3. The van der Waals surface area contributed by atoms with Gasteiger partial charge in [0.15, 0.2) is 5.78 Å². The Balaban J connectivity index is 1.64. The van der Waals surface area contributed by atoms with E-state index < -0.39 is 37.2 Å². The molecule has 0 spiro atoms. The third-order valence-corrected chi connectivity index (χ3v) is 11.9. The number of ether oxygens (including phenoxy) is 1. The molecule has 5 aromatic rings. The van der Waals surface area contributed by atoms with Gasteiger partial charge in [0.2, 0.25) is 0 Å². The molecule has 6 nitrogen and oxygen atoms in total. The van der Waals surface area contributed by atoms with E-state index in [0.717, 1.165) is 12.1 Å². The largest absolute Gasteiger partial charge is 0.497 e. The molecule has 12 heteroatoms. The van der Waals surface area contributed by atoms with Crippen LogP contribution in [-0.4, -0.2) is 12.9 Å². The zero-order chi connectivity index (χ0) is 32.2. The molecule has 0 aliphatic carbocycles. The summed E-state index contributed by atoms with van der Waals surface area (Å²) < 4.78 is 90.3. The zero-order valence-electron chi connectivity index (χ0n) is 23.4. The van der Waals surface area contributed by atoms with E-state index in [1.54, 1.807) is 66.7 Å². The number of hydrogen-bond donors (Lipinski definition) is 0. The van der Waals surface area contributed by atoms with E-state index in [1.807, 2.05) is 0 Å². The van der Waals surface area contributed by atoms with Crippen molar-refractivity contribution < 1.29 is 50.7 Å². The molecule has 5 rings (SSSR count). The number of carbonyl (C=O) groups is 1. The van der Waals surface area contributed by atoms with Crippen LogP contribution in [0.2, 0.25) is 0 Å². The molecule has 0 fully saturated rings. The molecule has 0 aliphatic rings. The Morgan fingerprint density at radius 3 is 1.89 bits per heavy atom. The second kappa shape index (κ2) is 13.3. The molecule has 0 bridgehead atoms. The summed E-state index contributed by atoms with van der Waals surface area (Å²) >= 11 is 1.24. The van der Waals surface area contributed by atoms with E-state index in [0.29, 0.717) is 26.7 Å². The van der Waals surface area contributed by atoms with Gasteiger partial charge in [0, 0.05) is 35.6 Å². The smallest absolute Gasteiger partial charge is 0.417 e. The Hall–Kier alpha value is -3.81. The van der Waals surface area contributed by atoms with Gasteiger partial charge < -0.3 is 4.74 Å². The lowest BCUT2D eigenvalue weighted by molar-refractivity contribution is -1.91. The monoisotopic (exact) mass is 672 g/mol. The molecule has 0 radical (unpaired) electrons. The zero-order valence-corrected chi connectivity index (χ0v) is 25.8. The molecule has 232 valence electrons. The molecule has 0 N–H and O–H groups in total. The molecular formula is C33H24ClF3O6S2. The van der Waals surface area contributed by atoms with E-state index in [1.165, 1.54) is 67.4 Å². The van der Waals surface area contributed by atoms with Crippen LogP contribution in [-0.2, 0) is 9.91 Å². The van der Waals surface area contributed by atoms with Gasteiger partial charge in [-0.15, -0.1) is 0 Å². The number of methoxy groups -OCH3 is 1. The lowest BCUT2D eigenvalue weighted by Crippen LogP contribution is -2.61. The van der Waals surface area contributed by atoms with Gasteiger partial charge in [-0.3, -0.25) is 4.79 Å². The van der Waals surface area contributed by atoms with Crippen LogP contribution in [0.5, 0.6) is 5.75 Å². The summed E-state index contributed by atoms with van der Waals surface area (Å²) in [6.45, 7) is 0. The first-order valence-corrected chi connectivity index (χ1v) is 16.8. The fourth-order valence-electron chi connectivity index (χ4n) is 4.65. The van der Waals surface area contributed by atoms with Gasteiger partial charge in [0.25, 0.3) is 0 Å². The number of benzene rings is 5. The number of ketones is 1. The molecule has 0 saturated heterocycles. The summed E-state index contributed by atoms with van der Waals surface area (Å²) in [4.78, 5) is 14.0. The summed E-state index contributed by atoms with van der Waals surface area (Å²) in [5.41, 5.74) is -0.191. The molecular weight excluding hydrogens is 649 g/mol. The van der Waals surface area contributed by atoms with Crippen molar-refractivity contribution in [3.8, 4) is 5.75 Å². The Morgan fingerprint density at radius 2 is 1.29 bits per heavy atom. The Labute approximate surface area is 265 Å². The molecule has 0 aliphatic heterocycles. The lowest BCUT2D eigenvalue weighted by atomic mass is 10.0. The number of halogens is 4. The van der Waals surface area contributed by atoms with E-state index in [2.05, 4.69) is 0 Å². The van der Waals surface area contributed by atoms with Crippen LogP contribution in [0.15, 0.2) is 152 Å². The first kappa shape index (κ1) is 32.6. The summed E-state index contributed by atoms with van der Waals surface area (Å²) in [6, 6.07) is 31.8. The number of rotatable bonds is 10. The molecule has 1 unspecified atom stereocenters. The second-order valence-electron chi connectivity index (χ2n) is 9.43. The average Bonchev–Trinajstić information content (AvgIpc) is 3.03. The van der Waals surface area contributed by atoms with Gasteiger partial charge in [-0.2, -0.15) is 27.1 Å². The van der Waals surface area contributed by atoms with Crippen molar-refractivity contribution in [3.05, 3.63) is 144 Å². The van der Waals surface area contributed by atoms with Crippen LogP contribution >= 0.6 is 22.1 Å². The van der Waals surface area contributed by atoms with Gasteiger partial charge in [-0.05, 0) is 72.8 Å². The molecule has 5 aromatic carbocycles. The van der Waals surface area contributed by atoms with Crippen molar-refractivity contribution >= 4 is 27.9 Å². The Kier molecular flexibility index (Phi) is 9.61. The topological polar surface area (TPSA) is 105 Å². The predicted octanol–water partition coefficient (Wildman–Crippen LogP) is 6.21. The minimum atomic E-state index is -5.22. The highest BCUT2D eigenvalue weighted by atomic mass is 35.7. The summed E-state index contributed by atoms with van der Waals surface area (Å²) in [6.07, 6.45) is -4.90. The molecule has 0 aromatic heterocycles. The maximum absolute atomic E-state index is 14.4. The highest BCUT2D eigenvalue weighted by Gasteiger charge is 2.51. The average molecular weight is 673 g/mol. The number of carbonyl (C=O) groups excluding carboxylic acids is 1. The van der Waals surface area contributed by atoms with Gasteiger partial charge in [-0.25, -0.2) is 0 Å². The quantitative estimate of drug-likeness (QED) is 0.163. The third kappa shape index (κ3) is 7.21. The lowest BCUT2D eigenvalue weighted by Gasteiger charge is -2.36. The fraction of sp³-hybridized carbons (Fsp3) is 0.0606. The molecule has 45 heavy (non-hydrogen) atoms. The van der Waals surface area contributed by atoms with Gasteiger partial charge in [-0.1, -0.05) is 66.4 Å². The van der Waals surface area contributed by atoms with Crippen molar-refractivity contribution in [1.82, 2.24) is 0 Å². The van der Waals surface area contributed by atoms with Crippen molar-refractivity contribution in [2.45, 2.75) is 30.7 Å². The van der Waals surface area contributed by atoms with E-state index >= 15 is 0 Å². The normalized spacial score (nSPS) is 13.9. The molecule has 0 amide bonds. The van der Waals surface area contributed by atoms with Crippen LogP contribution < -0.4 is 18.7 Å². The van der Waals surface area contributed by atoms with Crippen LogP contribution in [0.25, 0.3) is 0 Å². The van der Waals surface area contributed by atoms with Crippen molar-refractivity contribution in [2.24, 2.45) is 0 Å². The van der Waals surface area contributed by atoms with Crippen molar-refractivity contribution in [2.75, 3.05) is 7.11 Å². The minimum Gasteiger partial charge on any atom is -0.497 e. The SMILES string of the molecule is COc1ccc(S(O[Cl+3]([O-])([O-])[O-])(c2ccc(Sc3ccccc3C(=O)c3ccccc3)cc2)c2ccccc2C(F)(F)F)cc1. The summed E-state index contributed by atoms with van der Waals surface area (Å²) in [7, 11) is -7.66. The first-order chi connectivity index (χ1) is 21.4. The summed E-state index contributed by atoms with van der Waals surface area (Å²) in [5.74, 6) is 0.171. The van der Waals surface area contributed by atoms with Gasteiger partial charge in [0.1, 0.15) is 9.49 Å². The summed E-state index contributed by atoms with van der Waals surface area (Å²) in [5, 5.41) is 0. The van der Waals surface area contributed by atoms with Gasteiger partial charge in [0.05, 0.1) is 33.2 Å². The molecule has 0 saturated carbocycles. The van der Waals surface area contributed by atoms with Crippen LogP contribution in [0, 0.1) is 10.2 Å².